The number of allylic oxidation sites excluding steroid dienone is 1. The largest absolute Gasteiger partial charge is 0.491 e. The van der Waals surface area contributed by atoms with E-state index in [0.29, 0.717) is 11.6 Å². The second kappa shape index (κ2) is 8.30. The summed E-state index contributed by atoms with van der Waals surface area (Å²) in [4.78, 5) is 0. The molecule has 0 fully saturated rings. The van der Waals surface area contributed by atoms with Crippen molar-refractivity contribution in [3.8, 4) is 5.75 Å². The van der Waals surface area contributed by atoms with Crippen LogP contribution in [0.3, 0.4) is 0 Å². The maximum absolute atomic E-state index is 9.83. The van der Waals surface area contributed by atoms with Crippen LogP contribution in [-0.2, 0) is 0 Å². The van der Waals surface area contributed by atoms with Gasteiger partial charge in [-0.2, -0.15) is 0 Å². The summed E-state index contributed by atoms with van der Waals surface area (Å²) in [5.41, 5.74) is 1.55. The summed E-state index contributed by atoms with van der Waals surface area (Å²) in [5, 5.41) is 13.8. The highest BCUT2D eigenvalue weighted by Crippen LogP contribution is 2.19. The molecule has 0 saturated heterocycles. The number of ether oxygens (including phenoxy) is 1. The third kappa shape index (κ3) is 5.53. The van der Waals surface area contributed by atoms with Gasteiger partial charge in [0.1, 0.15) is 18.5 Å². The number of hydrogen-bond acceptors (Lipinski definition) is 3. The van der Waals surface area contributed by atoms with E-state index in [4.69, 9.17) is 16.3 Å². The summed E-state index contributed by atoms with van der Waals surface area (Å²) in [6.07, 6.45) is 6.69. The molecule has 0 aliphatic heterocycles. The van der Waals surface area contributed by atoms with Crippen molar-refractivity contribution in [2.75, 3.05) is 19.7 Å². The third-order valence-electron chi connectivity index (χ3n) is 3.39. The maximum atomic E-state index is 9.83. The first-order valence-electron chi connectivity index (χ1n) is 7.19. The molecule has 1 aromatic carbocycles. The molecule has 4 heteroatoms. The molecule has 3 nitrogen and oxygen atoms in total. The highest BCUT2D eigenvalue weighted by molar-refractivity contribution is 6.30. The molecular weight excluding hydrogens is 274 g/mol. The first-order chi connectivity index (χ1) is 9.74. The van der Waals surface area contributed by atoms with Crippen LogP contribution in [0.2, 0.25) is 5.02 Å². The molecule has 0 saturated carbocycles. The Morgan fingerprint density at radius 3 is 2.80 bits per heavy atom. The summed E-state index contributed by atoms with van der Waals surface area (Å²) in [5.74, 6) is 0.726. The number of rotatable bonds is 8. The van der Waals surface area contributed by atoms with Crippen LogP contribution < -0.4 is 10.1 Å². The Kier molecular flexibility index (Phi) is 6.37. The molecule has 1 aliphatic carbocycles. The minimum atomic E-state index is -0.497. The number of benzene rings is 1. The predicted molar refractivity (Wildman–Crippen MR) is 82.4 cm³/mol. The molecule has 0 spiro atoms. The van der Waals surface area contributed by atoms with Gasteiger partial charge in [0.15, 0.2) is 0 Å². The lowest BCUT2D eigenvalue weighted by molar-refractivity contribution is 0.106. The van der Waals surface area contributed by atoms with E-state index in [1.807, 2.05) is 0 Å². The van der Waals surface area contributed by atoms with Gasteiger partial charge in [0.25, 0.3) is 0 Å². The van der Waals surface area contributed by atoms with Gasteiger partial charge in [-0.3, -0.25) is 0 Å². The Morgan fingerprint density at radius 1 is 1.30 bits per heavy atom. The zero-order chi connectivity index (χ0) is 14.2. The molecule has 2 rings (SSSR count). The Morgan fingerprint density at radius 2 is 2.10 bits per heavy atom. The minimum Gasteiger partial charge on any atom is -0.491 e. The Hall–Kier alpha value is -1.03. The summed E-state index contributed by atoms with van der Waals surface area (Å²) >= 11 is 5.79. The fraction of sp³-hybridized carbons (Fsp3) is 0.500. The number of aliphatic hydroxyl groups excluding tert-OH is 1. The Labute approximate surface area is 125 Å². The number of hydrogen-bond donors (Lipinski definition) is 2. The molecule has 2 N–H and O–H groups in total. The van der Waals surface area contributed by atoms with E-state index in [2.05, 4.69) is 11.4 Å². The smallest absolute Gasteiger partial charge is 0.119 e. The van der Waals surface area contributed by atoms with E-state index >= 15 is 0 Å². The van der Waals surface area contributed by atoms with E-state index in [-0.39, 0.29) is 6.61 Å². The van der Waals surface area contributed by atoms with Gasteiger partial charge in [0, 0.05) is 11.6 Å². The van der Waals surface area contributed by atoms with E-state index in [1.165, 1.54) is 19.3 Å². The van der Waals surface area contributed by atoms with Crippen LogP contribution in [0.25, 0.3) is 0 Å². The van der Waals surface area contributed by atoms with Crippen molar-refractivity contribution < 1.29 is 9.84 Å². The molecule has 0 aromatic heterocycles. The van der Waals surface area contributed by atoms with Gasteiger partial charge in [0.05, 0.1) is 0 Å². The molecule has 0 heterocycles. The Balaban J connectivity index is 1.55. The lowest BCUT2D eigenvalue weighted by Crippen LogP contribution is -2.32. The SMILES string of the molecule is OC(CNCCC1=CCCC1)COc1ccc(Cl)cc1. The third-order valence-corrected chi connectivity index (χ3v) is 3.65. The lowest BCUT2D eigenvalue weighted by Gasteiger charge is -2.13. The molecule has 1 aromatic rings. The highest BCUT2D eigenvalue weighted by atomic mass is 35.5. The van der Waals surface area contributed by atoms with E-state index in [9.17, 15) is 5.11 Å². The van der Waals surface area contributed by atoms with Gasteiger partial charge in [-0.1, -0.05) is 23.3 Å². The van der Waals surface area contributed by atoms with Crippen molar-refractivity contribution in [3.05, 3.63) is 40.9 Å². The zero-order valence-electron chi connectivity index (χ0n) is 11.6. The van der Waals surface area contributed by atoms with Crippen LogP contribution in [0, 0.1) is 0 Å². The number of halogens is 1. The van der Waals surface area contributed by atoms with E-state index in [0.717, 1.165) is 18.7 Å². The molecule has 20 heavy (non-hydrogen) atoms. The quantitative estimate of drug-likeness (QED) is 0.572. The van der Waals surface area contributed by atoms with Crippen molar-refractivity contribution in [1.29, 1.82) is 0 Å². The van der Waals surface area contributed by atoms with Crippen LogP contribution >= 0.6 is 11.6 Å². The molecule has 1 aliphatic rings. The topological polar surface area (TPSA) is 41.5 Å². The summed E-state index contributed by atoms with van der Waals surface area (Å²) in [7, 11) is 0. The summed E-state index contributed by atoms with van der Waals surface area (Å²) < 4.78 is 5.49. The van der Waals surface area contributed by atoms with Crippen molar-refractivity contribution in [1.82, 2.24) is 5.32 Å². The first kappa shape index (κ1) is 15.4. The van der Waals surface area contributed by atoms with Gasteiger partial charge < -0.3 is 15.2 Å². The van der Waals surface area contributed by atoms with E-state index < -0.39 is 6.10 Å². The molecule has 1 unspecified atom stereocenters. The summed E-state index contributed by atoms with van der Waals surface area (Å²) in [6, 6.07) is 7.15. The van der Waals surface area contributed by atoms with Crippen molar-refractivity contribution in [2.24, 2.45) is 0 Å². The van der Waals surface area contributed by atoms with Gasteiger partial charge in [-0.15, -0.1) is 0 Å². The van der Waals surface area contributed by atoms with Crippen LogP contribution in [0.15, 0.2) is 35.9 Å². The number of nitrogens with one attached hydrogen (secondary N) is 1. The molecule has 0 bridgehead atoms. The minimum absolute atomic E-state index is 0.289. The van der Waals surface area contributed by atoms with E-state index in [1.54, 1.807) is 29.8 Å². The molecule has 110 valence electrons. The average molecular weight is 296 g/mol. The van der Waals surface area contributed by atoms with Crippen molar-refractivity contribution in [3.63, 3.8) is 0 Å². The standard InChI is InChI=1S/C16H22ClNO2/c17-14-5-7-16(8-6-14)20-12-15(19)11-18-10-9-13-3-1-2-4-13/h3,5-8,15,18-19H,1-2,4,9-12H2. The maximum Gasteiger partial charge on any atom is 0.119 e. The second-order valence-corrected chi connectivity index (χ2v) is 5.56. The van der Waals surface area contributed by atoms with Crippen LogP contribution in [0.5, 0.6) is 5.75 Å². The van der Waals surface area contributed by atoms with Crippen molar-refractivity contribution >= 4 is 11.6 Å². The molecule has 1 atom stereocenters. The van der Waals surface area contributed by atoms with Gasteiger partial charge in [-0.25, -0.2) is 0 Å². The van der Waals surface area contributed by atoms with Crippen molar-refractivity contribution in [2.45, 2.75) is 31.8 Å². The summed E-state index contributed by atoms with van der Waals surface area (Å²) in [6.45, 7) is 1.77. The van der Waals surface area contributed by atoms with Crippen LogP contribution in [-0.4, -0.2) is 30.9 Å². The van der Waals surface area contributed by atoms with Gasteiger partial charge >= 0.3 is 0 Å². The van der Waals surface area contributed by atoms with Crippen LogP contribution in [0.1, 0.15) is 25.7 Å². The highest BCUT2D eigenvalue weighted by Gasteiger charge is 2.07. The zero-order valence-corrected chi connectivity index (χ0v) is 12.4. The first-order valence-corrected chi connectivity index (χ1v) is 7.57. The monoisotopic (exact) mass is 295 g/mol. The van der Waals surface area contributed by atoms with Gasteiger partial charge in [-0.05, 0) is 56.5 Å². The van der Waals surface area contributed by atoms with Gasteiger partial charge in [0.2, 0.25) is 0 Å². The normalized spacial score (nSPS) is 16.0. The average Bonchev–Trinajstić information content (AvgIpc) is 2.96. The lowest BCUT2D eigenvalue weighted by atomic mass is 10.2. The molecular formula is C16H22ClNO2. The number of aliphatic hydroxyl groups is 1. The predicted octanol–water partition coefficient (Wildman–Crippen LogP) is 3.17. The fourth-order valence-corrected chi connectivity index (χ4v) is 2.39. The Bertz CT molecular complexity index is 431. The molecule has 0 amide bonds. The molecule has 0 radical (unpaired) electrons. The fourth-order valence-electron chi connectivity index (χ4n) is 2.26. The second-order valence-electron chi connectivity index (χ2n) is 5.13. The van der Waals surface area contributed by atoms with Crippen LogP contribution in [0.4, 0.5) is 0 Å².